The Bertz CT molecular complexity index is 556. The Hall–Kier alpha value is -1.66. The fourth-order valence-corrected chi connectivity index (χ4v) is 3.88. The molecule has 1 atom stereocenters. The van der Waals surface area contributed by atoms with E-state index in [-0.39, 0.29) is 18.3 Å². The summed E-state index contributed by atoms with van der Waals surface area (Å²) in [6, 6.07) is 6.87. The maximum atomic E-state index is 13.0. The Morgan fingerprint density at radius 1 is 1.08 bits per heavy atom. The van der Waals surface area contributed by atoms with Crippen molar-refractivity contribution in [2.75, 3.05) is 50.8 Å². The molecule has 1 aromatic carbocycles. The number of hydrogen-bond acceptors (Lipinski definition) is 4. The van der Waals surface area contributed by atoms with E-state index >= 15 is 0 Å². The van der Waals surface area contributed by atoms with Crippen LogP contribution in [0.2, 0.25) is 0 Å². The van der Waals surface area contributed by atoms with Crippen molar-refractivity contribution in [3.63, 3.8) is 0 Å². The van der Waals surface area contributed by atoms with Crippen LogP contribution < -0.4 is 4.90 Å². The fourth-order valence-electron chi connectivity index (χ4n) is 3.88. The molecule has 0 saturated carbocycles. The van der Waals surface area contributed by atoms with Crippen LogP contribution in [-0.4, -0.2) is 72.7 Å². The van der Waals surface area contributed by atoms with Crippen molar-refractivity contribution in [3.05, 3.63) is 30.1 Å². The number of aliphatic hydroxyl groups excluding tert-OH is 1. The zero-order valence-electron chi connectivity index (χ0n) is 14.7. The van der Waals surface area contributed by atoms with Gasteiger partial charge in [-0.3, -0.25) is 9.69 Å². The maximum Gasteiger partial charge on any atom is 0.236 e. The minimum absolute atomic E-state index is 0.184. The maximum absolute atomic E-state index is 13.0. The average molecular weight is 349 g/mol. The number of nitrogens with zero attached hydrogens (tertiary/aromatic N) is 3. The number of anilines is 1. The number of carbonyl (C=O) groups excluding carboxylic acids is 1. The Balaban J connectivity index is 1.50. The minimum atomic E-state index is -0.225. The molecule has 2 saturated heterocycles. The van der Waals surface area contributed by atoms with E-state index in [0.29, 0.717) is 25.7 Å². The predicted molar refractivity (Wildman–Crippen MR) is 96.1 cm³/mol. The number of benzene rings is 1. The average Bonchev–Trinajstić information content (AvgIpc) is 2.64. The number of hydrogen-bond donors (Lipinski definition) is 1. The van der Waals surface area contributed by atoms with E-state index < -0.39 is 0 Å². The van der Waals surface area contributed by atoms with Crippen LogP contribution in [0.1, 0.15) is 25.7 Å². The van der Waals surface area contributed by atoms with Crippen LogP contribution in [-0.2, 0) is 4.79 Å². The van der Waals surface area contributed by atoms with E-state index in [9.17, 15) is 14.3 Å². The van der Waals surface area contributed by atoms with Crippen LogP contribution in [0.25, 0.3) is 0 Å². The summed E-state index contributed by atoms with van der Waals surface area (Å²) in [6.07, 6.45) is 4.15. The third-order valence-electron chi connectivity index (χ3n) is 5.37. The van der Waals surface area contributed by atoms with Gasteiger partial charge in [0.25, 0.3) is 0 Å². The molecular weight excluding hydrogens is 321 g/mol. The molecule has 3 rings (SSSR count). The highest BCUT2D eigenvalue weighted by atomic mass is 19.1. The standard InChI is InChI=1S/C19H28FN3O2/c20-16-4-6-18(7-5-16)21-10-12-22(13-11-21)19(25)15-23-9-2-1-3-17(23)8-14-24/h4-7,17,24H,1-3,8-15H2. The van der Waals surface area contributed by atoms with Crippen molar-refractivity contribution < 1.29 is 14.3 Å². The van der Waals surface area contributed by atoms with Gasteiger partial charge >= 0.3 is 0 Å². The fraction of sp³-hybridized carbons (Fsp3) is 0.632. The van der Waals surface area contributed by atoms with E-state index in [1.54, 1.807) is 12.1 Å². The number of piperazine rings is 1. The summed E-state index contributed by atoms with van der Waals surface area (Å²) in [6.45, 7) is 4.55. The highest BCUT2D eigenvalue weighted by Crippen LogP contribution is 2.20. The number of piperidine rings is 1. The second-order valence-electron chi connectivity index (χ2n) is 6.98. The van der Waals surface area contributed by atoms with Crippen molar-refractivity contribution in [2.24, 2.45) is 0 Å². The Morgan fingerprint density at radius 3 is 2.48 bits per heavy atom. The van der Waals surface area contributed by atoms with Gasteiger partial charge in [0.05, 0.1) is 6.54 Å². The van der Waals surface area contributed by atoms with Gasteiger partial charge in [0, 0.05) is 44.5 Å². The van der Waals surface area contributed by atoms with E-state index in [1.807, 2.05) is 4.90 Å². The van der Waals surface area contributed by atoms with Crippen molar-refractivity contribution in [1.29, 1.82) is 0 Å². The largest absolute Gasteiger partial charge is 0.396 e. The molecule has 0 spiro atoms. The predicted octanol–water partition coefficient (Wildman–Crippen LogP) is 1.71. The van der Waals surface area contributed by atoms with Crippen molar-refractivity contribution in [1.82, 2.24) is 9.80 Å². The molecule has 5 nitrogen and oxygen atoms in total. The smallest absolute Gasteiger partial charge is 0.236 e. The molecule has 0 aromatic heterocycles. The van der Waals surface area contributed by atoms with E-state index in [4.69, 9.17) is 0 Å². The monoisotopic (exact) mass is 349 g/mol. The number of halogens is 1. The van der Waals surface area contributed by atoms with Gasteiger partial charge in [-0.25, -0.2) is 4.39 Å². The molecule has 138 valence electrons. The SMILES string of the molecule is O=C(CN1CCCCC1CCO)N1CCN(c2ccc(F)cc2)CC1. The van der Waals surface area contributed by atoms with Crippen LogP contribution in [0, 0.1) is 5.82 Å². The van der Waals surface area contributed by atoms with Gasteiger partial charge in [-0.15, -0.1) is 0 Å². The number of rotatable bonds is 5. The van der Waals surface area contributed by atoms with Crippen molar-refractivity contribution in [3.8, 4) is 0 Å². The van der Waals surface area contributed by atoms with Crippen LogP contribution in [0.3, 0.4) is 0 Å². The second-order valence-corrected chi connectivity index (χ2v) is 6.98. The molecule has 1 unspecified atom stereocenters. The summed E-state index contributed by atoms with van der Waals surface area (Å²) in [5.41, 5.74) is 1.01. The Kier molecular flexibility index (Phi) is 6.26. The van der Waals surface area contributed by atoms with Gasteiger partial charge in [0.2, 0.25) is 5.91 Å². The van der Waals surface area contributed by atoms with Gasteiger partial charge in [-0.05, 0) is 50.1 Å². The van der Waals surface area contributed by atoms with Crippen LogP contribution in [0.15, 0.2) is 24.3 Å². The molecule has 6 heteroatoms. The van der Waals surface area contributed by atoms with Gasteiger partial charge in [0.15, 0.2) is 0 Å². The molecule has 0 bridgehead atoms. The Labute approximate surface area is 149 Å². The highest BCUT2D eigenvalue weighted by Gasteiger charge is 2.27. The van der Waals surface area contributed by atoms with E-state index in [2.05, 4.69) is 9.80 Å². The summed E-state index contributed by atoms with van der Waals surface area (Å²) in [4.78, 5) is 19.0. The lowest BCUT2D eigenvalue weighted by atomic mass is 9.99. The summed E-state index contributed by atoms with van der Waals surface area (Å²) in [7, 11) is 0. The number of carbonyl (C=O) groups is 1. The first-order valence-corrected chi connectivity index (χ1v) is 9.30. The molecule has 25 heavy (non-hydrogen) atoms. The van der Waals surface area contributed by atoms with Gasteiger partial charge in [-0.1, -0.05) is 6.42 Å². The summed E-state index contributed by atoms with van der Waals surface area (Å²) >= 11 is 0. The quantitative estimate of drug-likeness (QED) is 0.879. The molecule has 0 aliphatic carbocycles. The molecule has 1 aromatic rings. The topological polar surface area (TPSA) is 47.0 Å². The molecule has 2 heterocycles. The summed E-state index contributed by atoms with van der Waals surface area (Å²) in [5.74, 6) is -0.0416. The summed E-state index contributed by atoms with van der Waals surface area (Å²) in [5, 5.41) is 9.22. The zero-order chi connectivity index (χ0) is 17.6. The van der Waals surface area contributed by atoms with E-state index in [0.717, 1.165) is 44.6 Å². The number of likely N-dealkylation sites (tertiary alicyclic amines) is 1. The third kappa shape index (κ3) is 4.70. The lowest BCUT2D eigenvalue weighted by molar-refractivity contribution is -0.133. The van der Waals surface area contributed by atoms with Crippen LogP contribution >= 0.6 is 0 Å². The van der Waals surface area contributed by atoms with Crippen LogP contribution in [0.4, 0.5) is 10.1 Å². The molecule has 2 aliphatic heterocycles. The molecule has 1 amide bonds. The first-order chi connectivity index (χ1) is 12.2. The lowest BCUT2D eigenvalue weighted by Crippen LogP contribution is -2.53. The third-order valence-corrected chi connectivity index (χ3v) is 5.37. The molecule has 2 fully saturated rings. The zero-order valence-corrected chi connectivity index (χ0v) is 14.7. The highest BCUT2D eigenvalue weighted by molar-refractivity contribution is 5.78. The second kappa shape index (κ2) is 8.63. The summed E-state index contributed by atoms with van der Waals surface area (Å²) < 4.78 is 13.0. The molecule has 1 N–H and O–H groups in total. The molecule has 0 radical (unpaired) electrons. The molecular formula is C19H28FN3O2. The number of aliphatic hydroxyl groups is 1. The van der Waals surface area contributed by atoms with Gasteiger partial charge in [0.1, 0.15) is 5.82 Å². The Morgan fingerprint density at radius 2 is 1.80 bits per heavy atom. The van der Waals surface area contributed by atoms with Crippen molar-refractivity contribution in [2.45, 2.75) is 31.7 Å². The van der Waals surface area contributed by atoms with Crippen LogP contribution in [0.5, 0.6) is 0 Å². The first-order valence-electron chi connectivity index (χ1n) is 9.30. The lowest BCUT2D eigenvalue weighted by Gasteiger charge is -2.39. The van der Waals surface area contributed by atoms with Gasteiger partial charge < -0.3 is 14.9 Å². The van der Waals surface area contributed by atoms with Gasteiger partial charge in [-0.2, -0.15) is 0 Å². The first kappa shape index (κ1) is 18.1. The minimum Gasteiger partial charge on any atom is -0.396 e. The normalized spacial score (nSPS) is 22.2. The number of amides is 1. The molecule has 2 aliphatic rings. The van der Waals surface area contributed by atoms with Crippen molar-refractivity contribution >= 4 is 11.6 Å². The van der Waals surface area contributed by atoms with E-state index in [1.165, 1.54) is 18.6 Å².